The molecule has 1 fully saturated rings. The van der Waals surface area contributed by atoms with Gasteiger partial charge < -0.3 is 19.4 Å². The maximum absolute atomic E-state index is 13.6. The summed E-state index contributed by atoms with van der Waals surface area (Å²) in [4.78, 5) is 25.6. The van der Waals surface area contributed by atoms with Crippen LogP contribution >= 0.6 is 0 Å². The van der Waals surface area contributed by atoms with Crippen LogP contribution < -0.4 is 10.9 Å². The predicted molar refractivity (Wildman–Crippen MR) is 129 cm³/mol. The van der Waals surface area contributed by atoms with E-state index in [1.165, 1.54) is 0 Å². The molecule has 180 valence electrons. The van der Waals surface area contributed by atoms with Crippen LogP contribution in [0.5, 0.6) is 0 Å². The van der Waals surface area contributed by atoms with Crippen LogP contribution in [-0.2, 0) is 16.0 Å². The number of carbonyl (C=O) groups excluding carboxylic acids is 1. The molecule has 1 amide bonds. The number of alkyl carbamates (subject to hydrolysis) is 1. The van der Waals surface area contributed by atoms with Crippen LogP contribution in [0.15, 0.2) is 23.0 Å². The molecule has 9 heteroatoms. The molecular formula is C25H31N5O4. The van der Waals surface area contributed by atoms with E-state index in [0.717, 1.165) is 30.3 Å². The monoisotopic (exact) mass is 465 g/mol. The Labute approximate surface area is 198 Å². The number of hydrogen-bond acceptors (Lipinski definition) is 6. The first-order chi connectivity index (χ1) is 16.2. The molecule has 0 saturated carbocycles. The maximum Gasteiger partial charge on any atom is 0.407 e. The highest BCUT2D eigenvalue weighted by Crippen LogP contribution is 2.30. The molecule has 3 heterocycles. The fourth-order valence-corrected chi connectivity index (χ4v) is 4.40. The summed E-state index contributed by atoms with van der Waals surface area (Å²) in [6.45, 7) is 8.76. The van der Waals surface area contributed by atoms with Crippen LogP contribution in [0.4, 0.5) is 4.79 Å². The van der Waals surface area contributed by atoms with Gasteiger partial charge in [-0.25, -0.2) is 9.48 Å². The van der Waals surface area contributed by atoms with Crippen molar-refractivity contribution in [1.29, 1.82) is 5.26 Å². The summed E-state index contributed by atoms with van der Waals surface area (Å²) in [5, 5.41) is 18.3. The first-order valence-corrected chi connectivity index (χ1v) is 11.7. The van der Waals surface area contributed by atoms with E-state index in [4.69, 9.17) is 14.6 Å². The minimum atomic E-state index is -0.569. The van der Waals surface area contributed by atoms with E-state index in [-0.39, 0.29) is 11.8 Å². The van der Waals surface area contributed by atoms with Gasteiger partial charge in [-0.3, -0.25) is 4.79 Å². The normalized spacial score (nSPS) is 16.5. The van der Waals surface area contributed by atoms with Gasteiger partial charge in [0.15, 0.2) is 0 Å². The first-order valence-electron chi connectivity index (χ1n) is 11.7. The summed E-state index contributed by atoms with van der Waals surface area (Å²) in [5.74, 6) is 0. The van der Waals surface area contributed by atoms with Gasteiger partial charge in [0.2, 0.25) is 0 Å². The maximum atomic E-state index is 13.6. The van der Waals surface area contributed by atoms with Crippen LogP contribution in [0.2, 0.25) is 0 Å². The van der Waals surface area contributed by atoms with Crippen LogP contribution in [0.25, 0.3) is 21.8 Å². The number of nitriles is 1. The Kier molecular flexibility index (Phi) is 6.62. The van der Waals surface area contributed by atoms with Crippen molar-refractivity contribution in [3.63, 3.8) is 0 Å². The average Bonchev–Trinajstić information content (AvgIpc) is 3.15. The number of nitrogens with one attached hydrogen (secondary N) is 1. The van der Waals surface area contributed by atoms with E-state index in [1.54, 1.807) is 22.8 Å². The molecule has 1 aliphatic rings. The molecule has 34 heavy (non-hydrogen) atoms. The third-order valence-corrected chi connectivity index (χ3v) is 5.94. The lowest BCUT2D eigenvalue weighted by Crippen LogP contribution is -2.33. The SMILES string of the molecule is Cc1c2c(=O)n(CCCNC(=O)OC(C)(C)C)c3ccc(C#N)cc3c2nn1C1CCCCO1. The quantitative estimate of drug-likeness (QED) is 0.567. The second-order valence-corrected chi connectivity index (χ2v) is 9.66. The average molecular weight is 466 g/mol. The smallest absolute Gasteiger partial charge is 0.407 e. The second kappa shape index (κ2) is 9.47. The topological polar surface area (TPSA) is 111 Å². The molecule has 1 saturated heterocycles. The molecule has 9 nitrogen and oxygen atoms in total. The third-order valence-electron chi connectivity index (χ3n) is 5.94. The molecule has 0 bridgehead atoms. The Morgan fingerprint density at radius 1 is 1.35 bits per heavy atom. The number of amides is 1. The van der Waals surface area contributed by atoms with Crippen molar-refractivity contribution >= 4 is 27.9 Å². The highest BCUT2D eigenvalue weighted by Gasteiger charge is 2.24. The van der Waals surface area contributed by atoms with E-state index in [0.29, 0.717) is 48.1 Å². The minimum Gasteiger partial charge on any atom is -0.444 e. The molecule has 1 N–H and O–H groups in total. The summed E-state index contributed by atoms with van der Waals surface area (Å²) in [6.07, 6.45) is 2.78. The lowest BCUT2D eigenvalue weighted by molar-refractivity contribution is -0.0402. The molecule has 2 aromatic heterocycles. The Morgan fingerprint density at radius 2 is 2.15 bits per heavy atom. The molecule has 1 atom stereocenters. The largest absolute Gasteiger partial charge is 0.444 e. The Balaban J connectivity index is 1.70. The summed E-state index contributed by atoms with van der Waals surface area (Å²) in [5.41, 5.74) is 1.86. The van der Waals surface area contributed by atoms with Gasteiger partial charge in [0.1, 0.15) is 17.3 Å². The predicted octanol–water partition coefficient (Wildman–Crippen LogP) is 4.15. The lowest BCUT2D eigenvalue weighted by Gasteiger charge is -2.23. The summed E-state index contributed by atoms with van der Waals surface area (Å²) < 4.78 is 14.7. The number of rotatable bonds is 5. The zero-order chi connectivity index (χ0) is 24.5. The molecule has 3 aromatic rings. The summed E-state index contributed by atoms with van der Waals surface area (Å²) in [6, 6.07) is 7.46. The molecule has 1 unspecified atom stereocenters. The van der Waals surface area contributed by atoms with Crippen LogP contribution in [-0.4, -0.2) is 39.2 Å². The highest BCUT2D eigenvalue weighted by molar-refractivity contribution is 6.04. The summed E-state index contributed by atoms with van der Waals surface area (Å²) in [7, 11) is 0. The van der Waals surface area contributed by atoms with Gasteiger partial charge in [0.25, 0.3) is 5.56 Å². The summed E-state index contributed by atoms with van der Waals surface area (Å²) >= 11 is 0. The van der Waals surface area contributed by atoms with Gasteiger partial charge in [-0.1, -0.05) is 0 Å². The number of aromatic nitrogens is 3. The molecule has 0 aliphatic carbocycles. The van der Waals surface area contributed by atoms with Crippen molar-refractivity contribution in [1.82, 2.24) is 19.7 Å². The van der Waals surface area contributed by atoms with E-state index >= 15 is 0 Å². The van der Waals surface area contributed by atoms with Crippen LogP contribution in [0.3, 0.4) is 0 Å². The number of carbonyl (C=O) groups is 1. The fraction of sp³-hybridized carbons (Fsp3) is 0.520. The van der Waals surface area contributed by atoms with Crippen molar-refractivity contribution < 1.29 is 14.3 Å². The van der Waals surface area contributed by atoms with E-state index in [2.05, 4.69) is 11.4 Å². The van der Waals surface area contributed by atoms with Crippen molar-refractivity contribution in [2.24, 2.45) is 0 Å². The lowest BCUT2D eigenvalue weighted by atomic mass is 10.1. The van der Waals surface area contributed by atoms with Gasteiger partial charge in [-0.2, -0.15) is 10.4 Å². The first kappa shape index (κ1) is 23.8. The minimum absolute atomic E-state index is 0.135. The number of fused-ring (bicyclic) bond motifs is 3. The van der Waals surface area contributed by atoms with Crippen molar-refractivity contribution in [3.05, 3.63) is 39.8 Å². The van der Waals surface area contributed by atoms with Crippen molar-refractivity contribution in [2.75, 3.05) is 13.2 Å². The molecule has 4 rings (SSSR count). The van der Waals surface area contributed by atoms with Crippen molar-refractivity contribution in [2.45, 2.75) is 71.8 Å². The van der Waals surface area contributed by atoms with E-state index in [1.807, 2.05) is 32.4 Å². The van der Waals surface area contributed by atoms with Crippen molar-refractivity contribution in [3.8, 4) is 6.07 Å². The van der Waals surface area contributed by atoms with Gasteiger partial charge in [0.05, 0.1) is 28.2 Å². The molecule has 0 spiro atoms. The third kappa shape index (κ3) is 4.77. The van der Waals surface area contributed by atoms with Gasteiger partial charge >= 0.3 is 6.09 Å². The Hall–Kier alpha value is -3.38. The van der Waals surface area contributed by atoms with E-state index < -0.39 is 11.7 Å². The van der Waals surface area contributed by atoms with Crippen LogP contribution in [0.1, 0.15) is 63.9 Å². The number of pyridine rings is 1. The number of benzene rings is 1. The van der Waals surface area contributed by atoms with Gasteiger partial charge in [-0.15, -0.1) is 0 Å². The second-order valence-electron chi connectivity index (χ2n) is 9.66. The highest BCUT2D eigenvalue weighted by atomic mass is 16.6. The van der Waals surface area contributed by atoms with Crippen LogP contribution in [0, 0.1) is 18.3 Å². The van der Waals surface area contributed by atoms with Gasteiger partial charge in [0, 0.05) is 25.1 Å². The Morgan fingerprint density at radius 3 is 2.82 bits per heavy atom. The fourth-order valence-electron chi connectivity index (χ4n) is 4.40. The molecule has 1 aliphatic heterocycles. The number of nitrogens with zero attached hydrogens (tertiary/aromatic N) is 4. The zero-order valence-electron chi connectivity index (χ0n) is 20.2. The molecule has 0 radical (unpaired) electrons. The standard InChI is InChI=1S/C25H31N5O4/c1-16-21-22(28-30(16)20-8-5-6-13-33-20)18-14-17(15-26)9-10-19(18)29(23(21)31)12-7-11-27-24(32)34-25(2,3)4/h9-10,14,20H,5-8,11-13H2,1-4H3,(H,27,32). The molecular weight excluding hydrogens is 434 g/mol. The Bertz CT molecular complexity index is 1320. The van der Waals surface area contributed by atoms with E-state index in [9.17, 15) is 14.9 Å². The number of aryl methyl sites for hydroxylation is 2. The van der Waals surface area contributed by atoms with Gasteiger partial charge in [-0.05, 0) is 71.6 Å². The molecule has 1 aromatic carbocycles. The number of hydrogen-bond donors (Lipinski definition) is 1. The zero-order valence-corrected chi connectivity index (χ0v) is 20.2. The number of ether oxygens (including phenoxy) is 2.